The highest BCUT2D eigenvalue weighted by Crippen LogP contribution is 2.30. The molecule has 1 aliphatic heterocycles. The van der Waals surface area contributed by atoms with Gasteiger partial charge in [0.1, 0.15) is 0 Å². The molecule has 1 N–H and O–H groups in total. The van der Waals surface area contributed by atoms with Crippen molar-refractivity contribution < 1.29 is 4.79 Å². The summed E-state index contributed by atoms with van der Waals surface area (Å²) in [7, 11) is 0. The average molecular weight is 155 g/mol. The van der Waals surface area contributed by atoms with Crippen LogP contribution >= 0.6 is 0 Å². The van der Waals surface area contributed by atoms with Gasteiger partial charge in [-0.1, -0.05) is 13.3 Å². The van der Waals surface area contributed by atoms with Gasteiger partial charge in [-0.15, -0.1) is 0 Å². The standard InChI is InChI=1S/C9H17NO/c1-4-5-7-6-8(11)10-9(7,2)3/h7H,4-6H2,1-3H3,(H,10,11). The highest BCUT2D eigenvalue weighted by molar-refractivity contribution is 5.79. The minimum Gasteiger partial charge on any atom is -0.351 e. The molecule has 0 spiro atoms. The maximum atomic E-state index is 11.0. The molecule has 0 radical (unpaired) electrons. The Morgan fingerprint density at radius 2 is 2.27 bits per heavy atom. The van der Waals surface area contributed by atoms with E-state index in [2.05, 4.69) is 26.1 Å². The SMILES string of the molecule is CCCC1CC(=O)NC1(C)C. The second kappa shape index (κ2) is 2.84. The van der Waals surface area contributed by atoms with Gasteiger partial charge in [0.25, 0.3) is 0 Å². The monoisotopic (exact) mass is 155 g/mol. The van der Waals surface area contributed by atoms with E-state index in [0.29, 0.717) is 5.92 Å². The lowest BCUT2D eigenvalue weighted by Crippen LogP contribution is -2.39. The van der Waals surface area contributed by atoms with E-state index in [1.165, 1.54) is 6.42 Å². The number of carbonyl (C=O) groups excluding carboxylic acids is 1. The second-order valence-corrected chi connectivity index (χ2v) is 3.96. The maximum absolute atomic E-state index is 11.0. The van der Waals surface area contributed by atoms with E-state index < -0.39 is 0 Å². The molecule has 64 valence electrons. The third-order valence-electron chi connectivity index (χ3n) is 2.55. The van der Waals surface area contributed by atoms with E-state index in [1.807, 2.05) is 0 Å². The Bertz CT molecular complexity index is 163. The fraction of sp³-hybridized carbons (Fsp3) is 0.889. The maximum Gasteiger partial charge on any atom is 0.220 e. The summed E-state index contributed by atoms with van der Waals surface area (Å²) in [4.78, 5) is 11.0. The lowest BCUT2D eigenvalue weighted by molar-refractivity contribution is -0.119. The van der Waals surface area contributed by atoms with Crippen LogP contribution in [0.1, 0.15) is 40.0 Å². The van der Waals surface area contributed by atoms with Crippen molar-refractivity contribution in [1.29, 1.82) is 0 Å². The molecule has 1 atom stereocenters. The molecule has 0 aliphatic carbocycles. The van der Waals surface area contributed by atoms with Gasteiger partial charge in [-0.05, 0) is 26.2 Å². The summed E-state index contributed by atoms with van der Waals surface area (Å²) >= 11 is 0. The average Bonchev–Trinajstić information content (AvgIpc) is 2.07. The van der Waals surface area contributed by atoms with Crippen LogP contribution in [0.5, 0.6) is 0 Å². The Morgan fingerprint density at radius 1 is 1.64 bits per heavy atom. The molecule has 2 heteroatoms. The molecular weight excluding hydrogens is 138 g/mol. The van der Waals surface area contributed by atoms with Crippen molar-refractivity contribution in [2.75, 3.05) is 0 Å². The predicted molar refractivity (Wildman–Crippen MR) is 45.2 cm³/mol. The quantitative estimate of drug-likeness (QED) is 0.646. The van der Waals surface area contributed by atoms with Crippen LogP contribution in [0.15, 0.2) is 0 Å². The lowest BCUT2D eigenvalue weighted by Gasteiger charge is -2.25. The Hall–Kier alpha value is -0.530. The van der Waals surface area contributed by atoms with Crippen LogP contribution < -0.4 is 5.32 Å². The van der Waals surface area contributed by atoms with Crippen LogP contribution in [0.3, 0.4) is 0 Å². The smallest absolute Gasteiger partial charge is 0.220 e. The van der Waals surface area contributed by atoms with E-state index in [0.717, 1.165) is 12.8 Å². The van der Waals surface area contributed by atoms with E-state index in [1.54, 1.807) is 0 Å². The van der Waals surface area contributed by atoms with Crippen molar-refractivity contribution >= 4 is 5.91 Å². The molecule has 1 aliphatic rings. The number of amides is 1. The van der Waals surface area contributed by atoms with Crippen LogP contribution in [0.4, 0.5) is 0 Å². The molecule has 0 saturated carbocycles. The molecule has 0 aromatic heterocycles. The van der Waals surface area contributed by atoms with Gasteiger partial charge in [0.15, 0.2) is 0 Å². The highest BCUT2D eigenvalue weighted by Gasteiger charge is 2.37. The molecule has 0 bridgehead atoms. The van der Waals surface area contributed by atoms with Crippen molar-refractivity contribution in [3.05, 3.63) is 0 Å². The Labute approximate surface area is 68.4 Å². The molecule has 2 nitrogen and oxygen atoms in total. The molecular formula is C9H17NO. The zero-order valence-electron chi connectivity index (χ0n) is 7.61. The van der Waals surface area contributed by atoms with E-state index >= 15 is 0 Å². The number of rotatable bonds is 2. The van der Waals surface area contributed by atoms with Crippen molar-refractivity contribution in [1.82, 2.24) is 5.32 Å². The van der Waals surface area contributed by atoms with Crippen LogP contribution in [0, 0.1) is 5.92 Å². The molecule has 1 unspecified atom stereocenters. The minimum atomic E-state index is 0.0348. The van der Waals surface area contributed by atoms with Crippen molar-refractivity contribution in [3.63, 3.8) is 0 Å². The van der Waals surface area contributed by atoms with Crippen molar-refractivity contribution in [3.8, 4) is 0 Å². The third kappa shape index (κ3) is 1.73. The Kier molecular flexibility index (Phi) is 2.21. The molecule has 0 aromatic carbocycles. The van der Waals surface area contributed by atoms with Crippen LogP contribution in [0.25, 0.3) is 0 Å². The summed E-state index contributed by atoms with van der Waals surface area (Å²) in [5.74, 6) is 0.758. The van der Waals surface area contributed by atoms with Gasteiger partial charge in [-0.2, -0.15) is 0 Å². The second-order valence-electron chi connectivity index (χ2n) is 3.96. The van der Waals surface area contributed by atoms with Gasteiger partial charge < -0.3 is 5.32 Å². The van der Waals surface area contributed by atoms with Crippen molar-refractivity contribution in [2.45, 2.75) is 45.6 Å². The van der Waals surface area contributed by atoms with Gasteiger partial charge in [0, 0.05) is 12.0 Å². The summed E-state index contributed by atoms with van der Waals surface area (Å²) in [6.45, 7) is 6.38. The van der Waals surface area contributed by atoms with Gasteiger partial charge in [0.05, 0.1) is 0 Å². The van der Waals surface area contributed by atoms with E-state index in [9.17, 15) is 4.79 Å². The molecule has 1 amide bonds. The van der Waals surface area contributed by atoms with E-state index in [-0.39, 0.29) is 11.4 Å². The fourth-order valence-corrected chi connectivity index (χ4v) is 1.80. The molecule has 1 heterocycles. The molecule has 1 fully saturated rings. The van der Waals surface area contributed by atoms with E-state index in [4.69, 9.17) is 0 Å². The first-order valence-corrected chi connectivity index (χ1v) is 4.37. The summed E-state index contributed by atoms with van der Waals surface area (Å²) < 4.78 is 0. The summed E-state index contributed by atoms with van der Waals surface area (Å²) in [6.07, 6.45) is 3.05. The first-order valence-electron chi connectivity index (χ1n) is 4.37. The first kappa shape index (κ1) is 8.57. The highest BCUT2D eigenvalue weighted by atomic mass is 16.2. The molecule has 1 rings (SSSR count). The van der Waals surface area contributed by atoms with Gasteiger partial charge >= 0.3 is 0 Å². The summed E-state index contributed by atoms with van der Waals surface area (Å²) in [5.41, 5.74) is 0.0348. The first-order chi connectivity index (χ1) is 5.06. The number of hydrogen-bond acceptors (Lipinski definition) is 1. The van der Waals surface area contributed by atoms with Gasteiger partial charge in [-0.25, -0.2) is 0 Å². The molecule has 0 aromatic rings. The zero-order chi connectivity index (χ0) is 8.48. The largest absolute Gasteiger partial charge is 0.351 e. The Balaban J connectivity index is 2.58. The lowest BCUT2D eigenvalue weighted by atomic mass is 9.86. The predicted octanol–water partition coefficient (Wildman–Crippen LogP) is 1.70. The van der Waals surface area contributed by atoms with Crippen molar-refractivity contribution in [2.24, 2.45) is 5.92 Å². The summed E-state index contributed by atoms with van der Waals surface area (Å²) in [6, 6.07) is 0. The third-order valence-corrected chi connectivity index (χ3v) is 2.55. The Morgan fingerprint density at radius 3 is 2.64 bits per heavy atom. The van der Waals surface area contributed by atoms with Gasteiger partial charge in [-0.3, -0.25) is 4.79 Å². The fourth-order valence-electron chi connectivity index (χ4n) is 1.80. The molecule has 1 saturated heterocycles. The van der Waals surface area contributed by atoms with Crippen LogP contribution in [-0.4, -0.2) is 11.4 Å². The normalized spacial score (nSPS) is 28.6. The van der Waals surface area contributed by atoms with Gasteiger partial charge in [0.2, 0.25) is 5.91 Å². The number of carbonyl (C=O) groups is 1. The number of nitrogens with one attached hydrogen (secondary N) is 1. The van der Waals surface area contributed by atoms with Crippen LogP contribution in [-0.2, 0) is 4.79 Å². The topological polar surface area (TPSA) is 29.1 Å². The minimum absolute atomic E-state index is 0.0348. The van der Waals surface area contributed by atoms with Crippen LogP contribution in [0.2, 0.25) is 0 Å². The number of hydrogen-bond donors (Lipinski definition) is 1. The molecule has 11 heavy (non-hydrogen) atoms. The summed E-state index contributed by atoms with van der Waals surface area (Å²) in [5, 5.41) is 2.99. The zero-order valence-corrected chi connectivity index (χ0v) is 7.61.